The summed E-state index contributed by atoms with van der Waals surface area (Å²) in [7, 11) is 1.56. The van der Waals surface area contributed by atoms with Gasteiger partial charge in [0.05, 0.1) is 7.11 Å². The fourth-order valence-electron chi connectivity index (χ4n) is 2.20. The Morgan fingerprint density at radius 1 is 0.909 bits per heavy atom. The molecule has 0 bridgehead atoms. The van der Waals surface area contributed by atoms with E-state index >= 15 is 0 Å². The van der Waals surface area contributed by atoms with Gasteiger partial charge in [0.25, 0.3) is 0 Å². The van der Waals surface area contributed by atoms with Gasteiger partial charge in [0.2, 0.25) is 0 Å². The van der Waals surface area contributed by atoms with Crippen LogP contribution in [-0.2, 0) is 0 Å². The minimum absolute atomic E-state index is 0.0998. The molecule has 0 heterocycles. The Morgan fingerprint density at radius 2 is 1.50 bits per heavy atom. The lowest BCUT2D eigenvalue weighted by atomic mass is 10.1. The quantitative estimate of drug-likeness (QED) is 0.590. The van der Waals surface area contributed by atoms with Gasteiger partial charge in [-0.05, 0) is 47.2 Å². The van der Waals surface area contributed by atoms with Crippen LogP contribution in [0.25, 0.3) is 10.8 Å². The second-order valence-electron chi connectivity index (χ2n) is 4.78. The Labute approximate surface area is 127 Å². The highest BCUT2D eigenvalue weighted by Crippen LogP contribution is 2.26. The third kappa shape index (κ3) is 2.72. The van der Waals surface area contributed by atoms with Crippen LogP contribution in [0, 0.1) is 0 Å². The molecule has 1 N–H and O–H groups in total. The van der Waals surface area contributed by atoms with Gasteiger partial charge in [-0.3, -0.25) is 0 Å². The van der Waals surface area contributed by atoms with Crippen molar-refractivity contribution in [3.05, 3.63) is 66.2 Å². The van der Waals surface area contributed by atoms with Crippen LogP contribution >= 0.6 is 0 Å². The van der Waals surface area contributed by atoms with E-state index in [1.807, 2.05) is 24.3 Å². The monoisotopic (exact) mass is 294 g/mol. The average Bonchev–Trinajstić information content (AvgIpc) is 2.54. The van der Waals surface area contributed by atoms with E-state index in [1.165, 1.54) is 0 Å². The Bertz CT molecular complexity index is 822. The van der Waals surface area contributed by atoms with Gasteiger partial charge in [-0.2, -0.15) is 0 Å². The number of phenols is 1. The third-order valence-corrected chi connectivity index (χ3v) is 3.35. The summed E-state index contributed by atoms with van der Waals surface area (Å²) in [6, 6.07) is 17.3. The number of methoxy groups -OCH3 is 1. The largest absolute Gasteiger partial charge is 0.507 e. The molecule has 0 fully saturated rings. The molecule has 0 radical (unpaired) electrons. The first kappa shape index (κ1) is 13.9. The molecule has 0 saturated carbocycles. The van der Waals surface area contributed by atoms with Crippen molar-refractivity contribution >= 4 is 16.7 Å². The second kappa shape index (κ2) is 5.77. The number of esters is 1. The van der Waals surface area contributed by atoms with Gasteiger partial charge in [0.15, 0.2) is 0 Å². The van der Waals surface area contributed by atoms with Crippen LogP contribution in [0.15, 0.2) is 60.7 Å². The summed E-state index contributed by atoms with van der Waals surface area (Å²) in [6.45, 7) is 0. The first-order valence-corrected chi connectivity index (χ1v) is 6.75. The molecule has 0 atom stereocenters. The topological polar surface area (TPSA) is 55.8 Å². The number of ether oxygens (including phenoxy) is 2. The van der Waals surface area contributed by atoms with E-state index in [9.17, 15) is 9.90 Å². The second-order valence-corrected chi connectivity index (χ2v) is 4.78. The van der Waals surface area contributed by atoms with Crippen molar-refractivity contribution in [3.8, 4) is 17.2 Å². The zero-order chi connectivity index (χ0) is 15.5. The number of aromatic hydroxyl groups is 1. The zero-order valence-electron chi connectivity index (χ0n) is 11.9. The molecule has 0 aliphatic rings. The lowest BCUT2D eigenvalue weighted by molar-refractivity contribution is 0.0732. The smallest absolute Gasteiger partial charge is 0.347 e. The van der Waals surface area contributed by atoms with Crippen LogP contribution in [0.4, 0.5) is 0 Å². The van der Waals surface area contributed by atoms with Gasteiger partial charge in [-0.15, -0.1) is 0 Å². The zero-order valence-corrected chi connectivity index (χ0v) is 11.9. The maximum absolute atomic E-state index is 12.2. The summed E-state index contributed by atoms with van der Waals surface area (Å²) in [4.78, 5) is 12.2. The average molecular weight is 294 g/mol. The number of hydrogen-bond acceptors (Lipinski definition) is 4. The van der Waals surface area contributed by atoms with Crippen molar-refractivity contribution in [1.82, 2.24) is 0 Å². The lowest BCUT2D eigenvalue weighted by Gasteiger charge is -2.08. The van der Waals surface area contributed by atoms with E-state index < -0.39 is 5.97 Å². The highest BCUT2D eigenvalue weighted by molar-refractivity contribution is 5.99. The molecule has 0 amide bonds. The Morgan fingerprint density at radius 3 is 2.14 bits per heavy atom. The van der Waals surface area contributed by atoms with Crippen LogP contribution in [0.3, 0.4) is 0 Å². The molecule has 3 rings (SSSR count). The Kier molecular flexibility index (Phi) is 3.66. The van der Waals surface area contributed by atoms with Gasteiger partial charge in [-0.1, -0.05) is 24.3 Å². The van der Waals surface area contributed by atoms with Crippen molar-refractivity contribution in [2.75, 3.05) is 7.11 Å². The van der Waals surface area contributed by atoms with E-state index in [1.54, 1.807) is 43.5 Å². The summed E-state index contributed by atoms with van der Waals surface area (Å²) < 4.78 is 10.3. The number of fused-ring (bicyclic) bond motifs is 1. The van der Waals surface area contributed by atoms with Crippen LogP contribution in [0.5, 0.6) is 17.2 Å². The molecule has 0 unspecified atom stereocenters. The molecule has 0 aliphatic heterocycles. The van der Waals surface area contributed by atoms with Crippen molar-refractivity contribution in [3.63, 3.8) is 0 Å². The molecule has 110 valence electrons. The summed E-state index contributed by atoms with van der Waals surface area (Å²) in [5.74, 6) is 0.359. The highest BCUT2D eigenvalue weighted by atomic mass is 16.5. The van der Waals surface area contributed by atoms with Gasteiger partial charge in [-0.25, -0.2) is 4.79 Å². The van der Waals surface area contributed by atoms with Crippen molar-refractivity contribution < 1.29 is 19.4 Å². The predicted octanol–water partition coefficient (Wildman–Crippen LogP) is 3.77. The molecule has 0 spiro atoms. The maximum Gasteiger partial charge on any atom is 0.347 e. The highest BCUT2D eigenvalue weighted by Gasteiger charge is 2.15. The van der Waals surface area contributed by atoms with Gasteiger partial charge >= 0.3 is 5.97 Å². The van der Waals surface area contributed by atoms with E-state index in [0.29, 0.717) is 11.5 Å². The number of hydrogen-bond donors (Lipinski definition) is 1. The lowest BCUT2D eigenvalue weighted by Crippen LogP contribution is -2.08. The number of carbonyl (C=O) groups excluding carboxylic acids is 1. The normalized spacial score (nSPS) is 10.4. The fraction of sp³-hybridized carbons (Fsp3) is 0.0556. The molecule has 3 aromatic rings. The predicted molar refractivity (Wildman–Crippen MR) is 83.6 cm³/mol. The minimum Gasteiger partial charge on any atom is -0.507 e. The molecule has 0 aromatic heterocycles. The van der Waals surface area contributed by atoms with Crippen LogP contribution in [0.2, 0.25) is 0 Å². The molecule has 3 aromatic carbocycles. The van der Waals surface area contributed by atoms with Gasteiger partial charge in [0, 0.05) is 0 Å². The van der Waals surface area contributed by atoms with Crippen LogP contribution in [-0.4, -0.2) is 18.2 Å². The Balaban J connectivity index is 1.89. The van der Waals surface area contributed by atoms with Crippen LogP contribution in [0.1, 0.15) is 10.4 Å². The SMILES string of the molecule is COc1ccc(OC(=O)c2cc3ccccc3cc2O)cc1. The summed E-state index contributed by atoms with van der Waals surface area (Å²) in [6.07, 6.45) is 0. The van der Waals surface area contributed by atoms with Crippen molar-refractivity contribution in [1.29, 1.82) is 0 Å². The number of carbonyl (C=O) groups is 1. The van der Waals surface area contributed by atoms with Crippen molar-refractivity contribution in [2.24, 2.45) is 0 Å². The maximum atomic E-state index is 12.2. The molecular weight excluding hydrogens is 280 g/mol. The summed E-state index contributed by atoms with van der Waals surface area (Å²) in [5, 5.41) is 11.7. The van der Waals surface area contributed by atoms with E-state index in [0.717, 1.165) is 10.8 Å². The number of benzene rings is 3. The van der Waals surface area contributed by atoms with Crippen molar-refractivity contribution in [2.45, 2.75) is 0 Å². The summed E-state index contributed by atoms with van der Waals surface area (Å²) in [5.41, 5.74) is 0.134. The van der Waals surface area contributed by atoms with Gasteiger partial charge in [0.1, 0.15) is 22.8 Å². The van der Waals surface area contributed by atoms with E-state index in [4.69, 9.17) is 9.47 Å². The fourth-order valence-corrected chi connectivity index (χ4v) is 2.20. The third-order valence-electron chi connectivity index (χ3n) is 3.35. The van der Waals surface area contributed by atoms with Crippen LogP contribution < -0.4 is 9.47 Å². The standard InChI is InChI=1S/C18H14O4/c1-21-14-6-8-15(9-7-14)22-18(20)16-10-12-4-2-3-5-13(12)11-17(16)19/h2-11,19H,1H3. The Hall–Kier alpha value is -3.01. The summed E-state index contributed by atoms with van der Waals surface area (Å²) >= 11 is 0. The number of rotatable bonds is 3. The van der Waals surface area contributed by atoms with E-state index in [2.05, 4.69) is 0 Å². The minimum atomic E-state index is -0.603. The molecule has 4 nitrogen and oxygen atoms in total. The molecular formula is C18H14O4. The first-order valence-electron chi connectivity index (χ1n) is 6.75. The first-order chi connectivity index (χ1) is 10.7. The number of phenolic OH excluding ortho intramolecular Hbond substituents is 1. The van der Waals surface area contributed by atoms with E-state index in [-0.39, 0.29) is 11.3 Å². The molecule has 4 heteroatoms. The molecule has 22 heavy (non-hydrogen) atoms. The van der Waals surface area contributed by atoms with Gasteiger partial charge < -0.3 is 14.6 Å². The molecule has 0 saturated heterocycles. The molecule has 0 aliphatic carbocycles.